The summed E-state index contributed by atoms with van der Waals surface area (Å²) in [6.45, 7) is 3.26. The third-order valence-corrected chi connectivity index (χ3v) is 4.71. The Bertz CT molecular complexity index is 599. The Morgan fingerprint density at radius 3 is 2.77 bits per heavy atom. The van der Waals surface area contributed by atoms with Crippen LogP contribution in [0.1, 0.15) is 31.5 Å². The third kappa shape index (κ3) is 3.81. The number of rotatable bonds is 8. The van der Waals surface area contributed by atoms with Gasteiger partial charge in [-0.15, -0.1) is 10.2 Å². The highest BCUT2D eigenvalue weighted by Gasteiger charge is 2.30. The molecule has 1 atom stereocenters. The van der Waals surface area contributed by atoms with Gasteiger partial charge in [0.1, 0.15) is 18.2 Å². The molecule has 6 heteroatoms. The molecule has 0 aliphatic heterocycles. The Hall–Kier alpha value is -1.53. The fraction of sp³-hybridized carbons (Fsp3) is 0.500. The molecule has 2 aromatic rings. The van der Waals surface area contributed by atoms with Crippen molar-refractivity contribution in [1.82, 2.24) is 14.8 Å². The highest BCUT2D eigenvalue weighted by molar-refractivity contribution is 7.99. The van der Waals surface area contributed by atoms with Crippen molar-refractivity contribution in [1.29, 1.82) is 0 Å². The van der Waals surface area contributed by atoms with E-state index in [0.717, 1.165) is 23.3 Å². The minimum atomic E-state index is -0.531. The standard InChI is InChI=1S/C16H21N3O2S/c1-2-19-15(12-8-9-12)17-18-16(19)22-11-13(20)10-21-14-6-4-3-5-7-14/h3-7,12-13,20H,2,8-11H2,1H3. The summed E-state index contributed by atoms with van der Waals surface area (Å²) in [5.41, 5.74) is 0. The Morgan fingerprint density at radius 1 is 1.32 bits per heavy atom. The fourth-order valence-electron chi connectivity index (χ4n) is 2.28. The molecule has 3 rings (SSSR count). The van der Waals surface area contributed by atoms with Gasteiger partial charge in [0.05, 0.1) is 6.10 Å². The van der Waals surface area contributed by atoms with E-state index in [-0.39, 0.29) is 6.61 Å². The molecule has 1 unspecified atom stereocenters. The molecule has 1 aromatic carbocycles. The second kappa shape index (κ2) is 7.15. The molecule has 1 aliphatic rings. The maximum atomic E-state index is 10.1. The number of aromatic nitrogens is 3. The predicted molar refractivity (Wildman–Crippen MR) is 86.3 cm³/mol. The molecule has 0 spiro atoms. The minimum absolute atomic E-state index is 0.284. The first-order valence-corrected chi connectivity index (χ1v) is 8.68. The van der Waals surface area contributed by atoms with Crippen LogP contribution in [0.2, 0.25) is 0 Å². The van der Waals surface area contributed by atoms with Gasteiger partial charge in [-0.25, -0.2) is 0 Å². The van der Waals surface area contributed by atoms with Crippen molar-refractivity contribution in [2.75, 3.05) is 12.4 Å². The number of aliphatic hydroxyl groups excluding tert-OH is 1. The largest absolute Gasteiger partial charge is 0.491 e. The smallest absolute Gasteiger partial charge is 0.191 e. The zero-order valence-electron chi connectivity index (χ0n) is 12.7. The van der Waals surface area contributed by atoms with Gasteiger partial charge in [0.2, 0.25) is 0 Å². The van der Waals surface area contributed by atoms with Crippen LogP contribution >= 0.6 is 11.8 Å². The average molecular weight is 319 g/mol. The lowest BCUT2D eigenvalue weighted by molar-refractivity contribution is 0.126. The molecular weight excluding hydrogens is 298 g/mol. The maximum absolute atomic E-state index is 10.1. The van der Waals surface area contributed by atoms with Crippen LogP contribution in [-0.4, -0.2) is 38.3 Å². The van der Waals surface area contributed by atoms with Crippen LogP contribution < -0.4 is 4.74 Å². The van der Waals surface area contributed by atoms with Crippen LogP contribution in [-0.2, 0) is 6.54 Å². The van der Waals surface area contributed by atoms with E-state index in [4.69, 9.17) is 4.74 Å². The van der Waals surface area contributed by atoms with Crippen LogP contribution in [0.15, 0.2) is 35.5 Å². The SMILES string of the molecule is CCn1c(SCC(O)COc2ccccc2)nnc1C1CC1. The lowest BCUT2D eigenvalue weighted by atomic mass is 10.3. The van der Waals surface area contributed by atoms with E-state index in [1.54, 1.807) is 11.8 Å². The summed E-state index contributed by atoms with van der Waals surface area (Å²) in [6.07, 6.45) is 1.91. The molecule has 1 aromatic heterocycles. The van der Waals surface area contributed by atoms with Crippen molar-refractivity contribution < 1.29 is 9.84 Å². The van der Waals surface area contributed by atoms with Gasteiger partial charge in [-0.3, -0.25) is 0 Å². The fourth-order valence-corrected chi connectivity index (χ4v) is 3.19. The Labute approximate surface area is 134 Å². The van der Waals surface area contributed by atoms with Gasteiger partial charge in [0, 0.05) is 18.2 Å². The number of hydrogen-bond donors (Lipinski definition) is 1. The van der Waals surface area contributed by atoms with Crippen LogP contribution in [0.25, 0.3) is 0 Å². The zero-order valence-corrected chi connectivity index (χ0v) is 13.5. The molecule has 1 N–H and O–H groups in total. The molecule has 1 fully saturated rings. The molecular formula is C16H21N3O2S. The predicted octanol–water partition coefficient (Wildman–Crippen LogP) is 2.71. The number of para-hydroxylation sites is 1. The molecule has 1 heterocycles. The van der Waals surface area contributed by atoms with Gasteiger partial charge < -0.3 is 14.4 Å². The highest BCUT2D eigenvalue weighted by Crippen LogP contribution is 2.40. The number of benzene rings is 1. The molecule has 22 heavy (non-hydrogen) atoms. The van der Waals surface area contributed by atoms with Gasteiger partial charge in [-0.05, 0) is 31.9 Å². The van der Waals surface area contributed by atoms with E-state index in [0.29, 0.717) is 11.7 Å². The second-order valence-corrected chi connectivity index (χ2v) is 6.44. The zero-order chi connectivity index (χ0) is 15.4. The quantitative estimate of drug-likeness (QED) is 0.758. The van der Waals surface area contributed by atoms with Gasteiger partial charge in [-0.2, -0.15) is 0 Å². The molecule has 0 saturated heterocycles. The highest BCUT2D eigenvalue weighted by atomic mass is 32.2. The molecule has 118 valence electrons. The van der Waals surface area contributed by atoms with Crippen LogP contribution in [0.3, 0.4) is 0 Å². The molecule has 1 aliphatic carbocycles. The van der Waals surface area contributed by atoms with E-state index in [1.807, 2.05) is 30.3 Å². The number of nitrogens with zero attached hydrogens (tertiary/aromatic N) is 3. The topological polar surface area (TPSA) is 60.2 Å². The third-order valence-electron chi connectivity index (χ3n) is 3.59. The first-order chi connectivity index (χ1) is 10.8. The van der Waals surface area contributed by atoms with E-state index in [9.17, 15) is 5.11 Å². The van der Waals surface area contributed by atoms with Crippen molar-refractivity contribution in [3.05, 3.63) is 36.2 Å². The summed E-state index contributed by atoms with van der Waals surface area (Å²) < 4.78 is 7.72. The molecule has 5 nitrogen and oxygen atoms in total. The number of ether oxygens (including phenoxy) is 1. The monoisotopic (exact) mass is 319 g/mol. The number of hydrogen-bond acceptors (Lipinski definition) is 5. The van der Waals surface area contributed by atoms with E-state index >= 15 is 0 Å². The van der Waals surface area contributed by atoms with Crippen molar-refractivity contribution in [2.24, 2.45) is 0 Å². The van der Waals surface area contributed by atoms with Gasteiger partial charge in [0.15, 0.2) is 5.16 Å². The van der Waals surface area contributed by atoms with Gasteiger partial charge in [0.25, 0.3) is 0 Å². The maximum Gasteiger partial charge on any atom is 0.191 e. The molecule has 0 radical (unpaired) electrons. The van der Waals surface area contributed by atoms with Crippen molar-refractivity contribution in [3.8, 4) is 5.75 Å². The summed E-state index contributed by atoms with van der Waals surface area (Å²) in [5, 5.41) is 19.5. The van der Waals surface area contributed by atoms with Crippen molar-refractivity contribution >= 4 is 11.8 Å². The van der Waals surface area contributed by atoms with Crippen LogP contribution in [0, 0.1) is 0 Å². The van der Waals surface area contributed by atoms with Crippen molar-refractivity contribution in [2.45, 2.75) is 43.5 Å². The van der Waals surface area contributed by atoms with E-state index < -0.39 is 6.10 Å². The summed E-state index contributed by atoms with van der Waals surface area (Å²) in [6, 6.07) is 9.54. The molecule has 0 amide bonds. The molecule has 1 saturated carbocycles. The first kappa shape index (κ1) is 15.4. The Balaban J connectivity index is 1.49. The molecule has 0 bridgehead atoms. The second-order valence-electron chi connectivity index (χ2n) is 5.45. The first-order valence-electron chi connectivity index (χ1n) is 7.69. The Morgan fingerprint density at radius 2 is 2.09 bits per heavy atom. The van der Waals surface area contributed by atoms with E-state index in [1.165, 1.54) is 12.8 Å². The summed E-state index contributed by atoms with van der Waals surface area (Å²) >= 11 is 1.54. The average Bonchev–Trinajstić information content (AvgIpc) is 3.32. The number of thioether (sulfide) groups is 1. The summed E-state index contributed by atoms with van der Waals surface area (Å²) in [7, 11) is 0. The van der Waals surface area contributed by atoms with Crippen LogP contribution in [0.5, 0.6) is 5.75 Å². The van der Waals surface area contributed by atoms with Crippen molar-refractivity contribution in [3.63, 3.8) is 0 Å². The van der Waals surface area contributed by atoms with Gasteiger partial charge >= 0.3 is 0 Å². The Kier molecular flexibility index (Phi) is 5.00. The lowest BCUT2D eigenvalue weighted by Gasteiger charge is -2.12. The normalized spacial score (nSPS) is 15.7. The summed E-state index contributed by atoms with van der Waals surface area (Å²) in [5.74, 6) is 3.02. The van der Waals surface area contributed by atoms with Crippen LogP contribution in [0.4, 0.5) is 0 Å². The lowest BCUT2D eigenvalue weighted by Crippen LogP contribution is -2.20. The number of aliphatic hydroxyl groups is 1. The summed E-state index contributed by atoms with van der Waals surface area (Å²) in [4.78, 5) is 0. The van der Waals surface area contributed by atoms with E-state index in [2.05, 4.69) is 21.7 Å². The van der Waals surface area contributed by atoms with Gasteiger partial charge in [-0.1, -0.05) is 30.0 Å². The minimum Gasteiger partial charge on any atom is -0.491 e.